The van der Waals surface area contributed by atoms with Crippen molar-refractivity contribution in [2.45, 2.75) is 13.5 Å². The highest BCUT2D eigenvalue weighted by molar-refractivity contribution is 5.94. The van der Waals surface area contributed by atoms with Crippen molar-refractivity contribution in [3.8, 4) is 5.75 Å². The van der Waals surface area contributed by atoms with Gasteiger partial charge in [-0.15, -0.1) is 0 Å². The molecule has 0 aliphatic heterocycles. The van der Waals surface area contributed by atoms with Crippen molar-refractivity contribution in [3.05, 3.63) is 59.7 Å². The lowest BCUT2D eigenvalue weighted by atomic mass is 10.2. The van der Waals surface area contributed by atoms with Crippen LogP contribution in [0.1, 0.15) is 22.8 Å². The number of hydrogen-bond donors (Lipinski definition) is 1. The first kappa shape index (κ1) is 14.0. The van der Waals surface area contributed by atoms with E-state index in [0.29, 0.717) is 13.2 Å². The minimum atomic E-state index is -0.770. The molecule has 104 valence electrons. The standard InChI is InChI=1S/C15H15FN2O2/c1-2-20-12-6-3-5-11(9-12)10-18-15(19)13-7-4-8-17-14(13)16/h3-9H,2,10H2,1H3,(H,18,19). The lowest BCUT2D eigenvalue weighted by molar-refractivity contribution is 0.0946. The lowest BCUT2D eigenvalue weighted by Gasteiger charge is -2.08. The number of benzene rings is 1. The van der Waals surface area contributed by atoms with Gasteiger partial charge in [0.1, 0.15) is 5.75 Å². The topological polar surface area (TPSA) is 51.2 Å². The van der Waals surface area contributed by atoms with Crippen LogP contribution >= 0.6 is 0 Å². The second-order valence-electron chi connectivity index (χ2n) is 4.10. The maximum Gasteiger partial charge on any atom is 0.256 e. The number of amides is 1. The number of hydrogen-bond acceptors (Lipinski definition) is 3. The van der Waals surface area contributed by atoms with Crippen molar-refractivity contribution < 1.29 is 13.9 Å². The molecular formula is C15H15FN2O2. The van der Waals surface area contributed by atoms with E-state index < -0.39 is 11.9 Å². The summed E-state index contributed by atoms with van der Waals surface area (Å²) < 4.78 is 18.7. The first-order valence-corrected chi connectivity index (χ1v) is 6.31. The van der Waals surface area contributed by atoms with Gasteiger partial charge in [0.2, 0.25) is 5.95 Å². The third-order valence-electron chi connectivity index (χ3n) is 2.67. The molecule has 0 aliphatic rings. The minimum absolute atomic E-state index is 0.0616. The number of halogens is 1. The number of nitrogens with zero attached hydrogens (tertiary/aromatic N) is 1. The molecule has 1 amide bonds. The van der Waals surface area contributed by atoms with Crippen LogP contribution in [0.3, 0.4) is 0 Å². The molecule has 1 N–H and O–H groups in total. The van der Waals surface area contributed by atoms with E-state index >= 15 is 0 Å². The van der Waals surface area contributed by atoms with Crippen LogP contribution in [0, 0.1) is 5.95 Å². The maximum atomic E-state index is 13.3. The smallest absolute Gasteiger partial charge is 0.256 e. The number of carbonyl (C=O) groups excluding carboxylic acids is 1. The highest BCUT2D eigenvalue weighted by Gasteiger charge is 2.11. The van der Waals surface area contributed by atoms with Gasteiger partial charge in [-0.2, -0.15) is 4.39 Å². The number of nitrogens with one attached hydrogen (secondary N) is 1. The number of aromatic nitrogens is 1. The molecule has 0 bridgehead atoms. The predicted molar refractivity (Wildman–Crippen MR) is 73.0 cm³/mol. The molecule has 2 aromatic rings. The number of ether oxygens (including phenoxy) is 1. The summed E-state index contributed by atoms with van der Waals surface area (Å²) in [6.45, 7) is 2.78. The van der Waals surface area contributed by atoms with Crippen molar-refractivity contribution in [1.29, 1.82) is 0 Å². The van der Waals surface area contributed by atoms with Gasteiger partial charge in [0.05, 0.1) is 12.2 Å². The molecule has 0 spiro atoms. The quantitative estimate of drug-likeness (QED) is 0.852. The molecule has 0 radical (unpaired) electrons. The van der Waals surface area contributed by atoms with E-state index in [-0.39, 0.29) is 5.56 Å². The molecule has 0 saturated carbocycles. The Morgan fingerprint density at radius 2 is 2.20 bits per heavy atom. The maximum absolute atomic E-state index is 13.3. The highest BCUT2D eigenvalue weighted by Crippen LogP contribution is 2.13. The molecule has 1 aromatic heterocycles. The van der Waals surface area contributed by atoms with Gasteiger partial charge < -0.3 is 10.1 Å². The Bertz CT molecular complexity index is 602. The molecule has 2 rings (SSSR count). The number of carbonyl (C=O) groups is 1. The van der Waals surface area contributed by atoms with Crippen LogP contribution in [-0.4, -0.2) is 17.5 Å². The normalized spacial score (nSPS) is 10.1. The number of rotatable bonds is 5. The Kier molecular flexibility index (Phi) is 4.65. The summed E-state index contributed by atoms with van der Waals surface area (Å²) in [7, 11) is 0. The zero-order valence-electron chi connectivity index (χ0n) is 11.1. The van der Waals surface area contributed by atoms with Crippen molar-refractivity contribution >= 4 is 5.91 Å². The summed E-state index contributed by atoms with van der Waals surface area (Å²) in [6.07, 6.45) is 1.30. The van der Waals surface area contributed by atoms with E-state index in [0.717, 1.165) is 11.3 Å². The van der Waals surface area contributed by atoms with Gasteiger partial charge in [-0.3, -0.25) is 4.79 Å². The minimum Gasteiger partial charge on any atom is -0.494 e. The molecule has 1 heterocycles. The first-order chi connectivity index (χ1) is 9.70. The predicted octanol–water partition coefficient (Wildman–Crippen LogP) is 2.55. The van der Waals surface area contributed by atoms with Gasteiger partial charge >= 0.3 is 0 Å². The van der Waals surface area contributed by atoms with Crippen molar-refractivity contribution in [3.63, 3.8) is 0 Å². The Morgan fingerprint density at radius 3 is 2.95 bits per heavy atom. The van der Waals surface area contributed by atoms with E-state index in [9.17, 15) is 9.18 Å². The molecule has 5 heteroatoms. The Hall–Kier alpha value is -2.43. The lowest BCUT2D eigenvalue weighted by Crippen LogP contribution is -2.24. The SMILES string of the molecule is CCOc1cccc(CNC(=O)c2cccnc2F)c1. The van der Waals surface area contributed by atoms with Crippen LogP contribution in [0.25, 0.3) is 0 Å². The van der Waals surface area contributed by atoms with Gasteiger partial charge in [-0.1, -0.05) is 12.1 Å². The first-order valence-electron chi connectivity index (χ1n) is 6.31. The monoisotopic (exact) mass is 274 g/mol. The highest BCUT2D eigenvalue weighted by atomic mass is 19.1. The molecule has 0 fully saturated rings. The zero-order chi connectivity index (χ0) is 14.4. The van der Waals surface area contributed by atoms with E-state index in [4.69, 9.17) is 4.74 Å². The number of pyridine rings is 1. The second-order valence-corrected chi connectivity index (χ2v) is 4.10. The van der Waals surface area contributed by atoms with Crippen LogP contribution in [0.4, 0.5) is 4.39 Å². The summed E-state index contributed by atoms with van der Waals surface area (Å²) in [4.78, 5) is 15.3. The van der Waals surface area contributed by atoms with E-state index in [1.54, 1.807) is 0 Å². The third kappa shape index (κ3) is 3.54. The fourth-order valence-corrected chi connectivity index (χ4v) is 1.74. The summed E-state index contributed by atoms with van der Waals surface area (Å²) in [5.41, 5.74) is 0.821. The Morgan fingerprint density at radius 1 is 1.35 bits per heavy atom. The molecule has 0 aliphatic carbocycles. The largest absolute Gasteiger partial charge is 0.494 e. The average Bonchev–Trinajstić information content (AvgIpc) is 2.46. The van der Waals surface area contributed by atoms with Crippen LogP contribution < -0.4 is 10.1 Å². The van der Waals surface area contributed by atoms with Crippen molar-refractivity contribution in [2.75, 3.05) is 6.61 Å². The molecule has 0 unspecified atom stereocenters. The van der Waals surface area contributed by atoms with Crippen LogP contribution in [0.2, 0.25) is 0 Å². The zero-order valence-corrected chi connectivity index (χ0v) is 11.1. The Balaban J connectivity index is 2.00. The van der Waals surface area contributed by atoms with Gasteiger partial charge in [-0.25, -0.2) is 4.98 Å². The van der Waals surface area contributed by atoms with E-state index in [1.165, 1.54) is 18.3 Å². The van der Waals surface area contributed by atoms with Gasteiger partial charge in [-0.05, 0) is 36.8 Å². The van der Waals surface area contributed by atoms with E-state index in [2.05, 4.69) is 10.3 Å². The molecular weight excluding hydrogens is 259 g/mol. The molecule has 0 atom stereocenters. The summed E-state index contributed by atoms with van der Waals surface area (Å²) in [5, 5.41) is 2.65. The van der Waals surface area contributed by atoms with Crippen LogP contribution in [0.5, 0.6) is 5.75 Å². The Labute approximate surface area is 116 Å². The van der Waals surface area contributed by atoms with Gasteiger partial charge in [0.15, 0.2) is 0 Å². The van der Waals surface area contributed by atoms with Crippen molar-refractivity contribution in [1.82, 2.24) is 10.3 Å². The van der Waals surface area contributed by atoms with Crippen LogP contribution in [-0.2, 0) is 6.54 Å². The summed E-state index contributed by atoms with van der Waals surface area (Å²) in [5.74, 6) is -0.516. The van der Waals surface area contributed by atoms with Crippen molar-refractivity contribution in [2.24, 2.45) is 0 Å². The average molecular weight is 274 g/mol. The second kappa shape index (κ2) is 6.65. The van der Waals surface area contributed by atoms with Gasteiger partial charge in [0, 0.05) is 12.7 Å². The summed E-state index contributed by atoms with van der Waals surface area (Å²) in [6, 6.07) is 10.3. The fourth-order valence-electron chi connectivity index (χ4n) is 1.74. The summed E-state index contributed by atoms with van der Waals surface area (Å²) >= 11 is 0. The molecule has 4 nitrogen and oxygen atoms in total. The van der Waals surface area contributed by atoms with E-state index in [1.807, 2.05) is 31.2 Å². The molecule has 20 heavy (non-hydrogen) atoms. The van der Waals surface area contributed by atoms with Crippen LogP contribution in [0.15, 0.2) is 42.6 Å². The fraction of sp³-hybridized carbons (Fsp3) is 0.200. The third-order valence-corrected chi connectivity index (χ3v) is 2.67. The molecule has 0 saturated heterocycles. The van der Waals surface area contributed by atoms with Gasteiger partial charge in [0.25, 0.3) is 5.91 Å². The molecule has 1 aromatic carbocycles.